The van der Waals surface area contributed by atoms with Gasteiger partial charge in [-0.1, -0.05) is 0 Å². The molecule has 1 aromatic rings. The van der Waals surface area contributed by atoms with E-state index in [1.807, 2.05) is 0 Å². The van der Waals surface area contributed by atoms with Crippen LogP contribution in [-0.4, -0.2) is 19.8 Å². The number of sulfonamides is 1. The van der Waals surface area contributed by atoms with Crippen LogP contribution < -0.4 is 16.2 Å². The van der Waals surface area contributed by atoms with Crippen LogP contribution in [0.2, 0.25) is 0 Å². The molecular weight excluding hydrogens is 206 g/mol. The van der Waals surface area contributed by atoms with E-state index in [-0.39, 0.29) is 22.8 Å². The monoisotopic (exact) mass is 217 g/mol. The third-order valence-electron chi connectivity index (χ3n) is 1.46. The van der Waals surface area contributed by atoms with E-state index in [1.165, 1.54) is 12.1 Å². The van der Waals surface area contributed by atoms with Gasteiger partial charge in [0.25, 0.3) is 0 Å². The highest BCUT2D eigenvalue weighted by Crippen LogP contribution is 2.32. The average molecular weight is 217 g/mol. The molecule has 1 aromatic carbocycles. The maximum Gasteiger partial charge on any atom is 0.230 e. The molecule has 0 atom stereocenters. The van der Waals surface area contributed by atoms with E-state index in [1.54, 1.807) is 0 Å². The minimum Gasteiger partial charge on any atom is -0.506 e. The van der Waals surface area contributed by atoms with Crippen LogP contribution in [0.25, 0.3) is 0 Å². The van der Waals surface area contributed by atoms with E-state index >= 15 is 0 Å². The van der Waals surface area contributed by atoms with Crippen molar-refractivity contribution in [2.75, 3.05) is 22.4 Å². The number of benzene rings is 1. The van der Waals surface area contributed by atoms with Crippen LogP contribution in [0.3, 0.4) is 0 Å². The van der Waals surface area contributed by atoms with E-state index in [9.17, 15) is 13.5 Å². The highest BCUT2D eigenvalue weighted by atomic mass is 32.2. The van der Waals surface area contributed by atoms with Crippen LogP contribution >= 0.6 is 0 Å². The largest absolute Gasteiger partial charge is 0.506 e. The Balaban J connectivity index is 3.22. The second-order valence-electron chi connectivity index (χ2n) is 2.88. The van der Waals surface area contributed by atoms with E-state index in [4.69, 9.17) is 11.5 Å². The number of hydrogen-bond donors (Lipinski definition) is 4. The summed E-state index contributed by atoms with van der Waals surface area (Å²) in [5.74, 6) is -0.298. The fourth-order valence-electron chi connectivity index (χ4n) is 0.968. The van der Waals surface area contributed by atoms with Crippen LogP contribution in [0.1, 0.15) is 0 Å². The zero-order valence-electron chi connectivity index (χ0n) is 7.48. The summed E-state index contributed by atoms with van der Waals surface area (Å²) < 4.78 is 23.8. The molecule has 0 fully saturated rings. The number of nitrogens with two attached hydrogens (primary N) is 2. The van der Waals surface area contributed by atoms with Gasteiger partial charge < -0.3 is 16.6 Å². The van der Waals surface area contributed by atoms with Crippen molar-refractivity contribution in [3.05, 3.63) is 12.1 Å². The number of nitrogens with one attached hydrogen (secondary N) is 1. The van der Waals surface area contributed by atoms with Gasteiger partial charge in [0, 0.05) is 11.8 Å². The first-order valence-corrected chi connectivity index (χ1v) is 5.54. The summed E-state index contributed by atoms with van der Waals surface area (Å²) in [5.41, 5.74) is 11.1. The molecule has 6 N–H and O–H groups in total. The number of hydrogen-bond acceptors (Lipinski definition) is 5. The first-order valence-electron chi connectivity index (χ1n) is 3.65. The first-order chi connectivity index (χ1) is 6.29. The average Bonchev–Trinajstić information content (AvgIpc) is 1.95. The van der Waals surface area contributed by atoms with Gasteiger partial charge in [0.05, 0.1) is 11.9 Å². The van der Waals surface area contributed by atoms with Gasteiger partial charge in [0.15, 0.2) is 0 Å². The second-order valence-corrected chi connectivity index (χ2v) is 4.63. The molecule has 0 saturated heterocycles. The Bertz CT molecular complexity index is 432. The number of rotatable bonds is 2. The molecule has 0 amide bonds. The fraction of sp³-hybridized carbons (Fsp3) is 0.143. The Kier molecular flexibility index (Phi) is 2.43. The molecule has 0 bridgehead atoms. The van der Waals surface area contributed by atoms with Gasteiger partial charge in [-0.05, 0) is 6.07 Å². The van der Waals surface area contributed by atoms with Crippen molar-refractivity contribution in [3.8, 4) is 5.75 Å². The molecule has 7 heteroatoms. The smallest absolute Gasteiger partial charge is 0.230 e. The Hall–Kier alpha value is -1.63. The molecule has 0 heterocycles. The number of anilines is 3. The molecule has 0 aromatic heterocycles. The molecule has 78 valence electrons. The number of phenolic OH excluding ortho intramolecular Hbond substituents is 1. The molecule has 6 nitrogen and oxygen atoms in total. The molecule has 0 spiro atoms. The number of nitrogen functional groups attached to an aromatic ring is 2. The first kappa shape index (κ1) is 10.5. The summed E-state index contributed by atoms with van der Waals surface area (Å²) in [6.45, 7) is 0. The zero-order chi connectivity index (χ0) is 10.9. The van der Waals surface area contributed by atoms with Gasteiger partial charge >= 0.3 is 0 Å². The van der Waals surface area contributed by atoms with Crippen molar-refractivity contribution in [3.63, 3.8) is 0 Å². The van der Waals surface area contributed by atoms with Crippen molar-refractivity contribution < 1.29 is 13.5 Å². The summed E-state index contributed by atoms with van der Waals surface area (Å²) in [5, 5.41) is 9.35. The number of phenols is 1. The second kappa shape index (κ2) is 3.26. The van der Waals surface area contributed by atoms with Gasteiger partial charge in [0.2, 0.25) is 10.0 Å². The lowest BCUT2D eigenvalue weighted by atomic mass is 10.2. The van der Waals surface area contributed by atoms with Crippen molar-refractivity contribution in [1.82, 2.24) is 0 Å². The Morgan fingerprint density at radius 1 is 1.36 bits per heavy atom. The Morgan fingerprint density at radius 3 is 2.36 bits per heavy atom. The zero-order valence-corrected chi connectivity index (χ0v) is 8.30. The van der Waals surface area contributed by atoms with Crippen LogP contribution in [0.5, 0.6) is 5.75 Å². The van der Waals surface area contributed by atoms with Gasteiger partial charge in [-0.25, -0.2) is 8.42 Å². The highest BCUT2D eigenvalue weighted by Gasteiger charge is 2.11. The van der Waals surface area contributed by atoms with Gasteiger partial charge in [0.1, 0.15) is 11.4 Å². The summed E-state index contributed by atoms with van der Waals surface area (Å²) in [6.07, 6.45) is 0.961. The molecular formula is C7H11N3O3S. The molecule has 0 aliphatic carbocycles. The molecule has 14 heavy (non-hydrogen) atoms. The van der Waals surface area contributed by atoms with Crippen molar-refractivity contribution >= 4 is 27.1 Å². The van der Waals surface area contributed by atoms with Crippen LogP contribution in [-0.2, 0) is 10.0 Å². The Morgan fingerprint density at radius 2 is 1.93 bits per heavy atom. The van der Waals surface area contributed by atoms with Gasteiger partial charge in [-0.3, -0.25) is 4.72 Å². The lowest BCUT2D eigenvalue weighted by Gasteiger charge is -2.09. The highest BCUT2D eigenvalue weighted by molar-refractivity contribution is 7.92. The lowest BCUT2D eigenvalue weighted by molar-refractivity contribution is 0.478. The molecule has 0 aliphatic rings. The maximum atomic E-state index is 10.9. The lowest BCUT2D eigenvalue weighted by Crippen LogP contribution is -2.11. The topological polar surface area (TPSA) is 118 Å². The van der Waals surface area contributed by atoms with E-state index in [2.05, 4.69) is 4.72 Å². The maximum absolute atomic E-state index is 10.9. The molecule has 0 aliphatic heterocycles. The van der Waals surface area contributed by atoms with E-state index in [0.717, 1.165) is 6.26 Å². The van der Waals surface area contributed by atoms with Crippen LogP contribution in [0.4, 0.5) is 17.1 Å². The molecule has 0 saturated carbocycles. The van der Waals surface area contributed by atoms with Crippen molar-refractivity contribution in [2.45, 2.75) is 0 Å². The standard InChI is InChI=1S/C7H11N3O3S/c1-14(12,13)10-7-5(9)2-4(8)3-6(7)11/h2-3,10-11H,8-9H2,1H3. The Labute approximate surface area is 81.6 Å². The molecule has 0 unspecified atom stereocenters. The molecule has 1 rings (SSSR count). The van der Waals surface area contributed by atoms with Crippen LogP contribution in [0.15, 0.2) is 12.1 Å². The van der Waals surface area contributed by atoms with Gasteiger partial charge in [-0.2, -0.15) is 0 Å². The third-order valence-corrected chi connectivity index (χ3v) is 2.03. The van der Waals surface area contributed by atoms with E-state index < -0.39 is 10.0 Å². The minimum absolute atomic E-state index is 0.0540. The van der Waals surface area contributed by atoms with Crippen LogP contribution in [0, 0.1) is 0 Å². The molecule has 0 radical (unpaired) electrons. The normalized spacial score (nSPS) is 11.2. The predicted molar refractivity (Wildman–Crippen MR) is 55.4 cm³/mol. The summed E-state index contributed by atoms with van der Waals surface area (Å²) in [6, 6.07) is 2.57. The number of aromatic hydroxyl groups is 1. The summed E-state index contributed by atoms with van der Waals surface area (Å²) >= 11 is 0. The van der Waals surface area contributed by atoms with Crippen molar-refractivity contribution in [2.24, 2.45) is 0 Å². The van der Waals surface area contributed by atoms with Gasteiger partial charge in [-0.15, -0.1) is 0 Å². The third kappa shape index (κ3) is 2.43. The predicted octanol–water partition coefficient (Wildman–Crippen LogP) is -0.0719. The van der Waals surface area contributed by atoms with E-state index in [0.29, 0.717) is 0 Å². The summed E-state index contributed by atoms with van der Waals surface area (Å²) in [4.78, 5) is 0. The van der Waals surface area contributed by atoms with Crippen molar-refractivity contribution in [1.29, 1.82) is 0 Å². The minimum atomic E-state index is -3.47. The fourth-order valence-corrected chi connectivity index (χ4v) is 1.56. The SMILES string of the molecule is CS(=O)(=O)Nc1c(N)cc(N)cc1O. The summed E-state index contributed by atoms with van der Waals surface area (Å²) in [7, 11) is -3.47. The quantitative estimate of drug-likeness (QED) is 0.408.